The number of carbonyl (C=O) groups is 3. The van der Waals surface area contributed by atoms with E-state index in [2.05, 4.69) is 0 Å². The topological polar surface area (TPSA) is 99.1 Å². The molecule has 1 unspecified atom stereocenters. The first-order valence-corrected chi connectivity index (χ1v) is 8.54. The van der Waals surface area contributed by atoms with Gasteiger partial charge in [0, 0.05) is 17.0 Å². The van der Waals surface area contributed by atoms with Crippen molar-refractivity contribution in [2.75, 3.05) is 14.2 Å². The van der Waals surface area contributed by atoms with Gasteiger partial charge < -0.3 is 19.3 Å². The normalized spacial score (nSPS) is 18.4. The molecule has 0 spiro atoms. The van der Waals surface area contributed by atoms with Gasteiger partial charge in [0.2, 0.25) is 11.5 Å². The Balaban J connectivity index is 1.92. The van der Waals surface area contributed by atoms with Gasteiger partial charge in [-0.25, -0.2) is 0 Å². The van der Waals surface area contributed by atoms with Crippen molar-refractivity contribution >= 4 is 17.5 Å². The van der Waals surface area contributed by atoms with Crippen molar-refractivity contribution in [3.8, 4) is 17.2 Å². The summed E-state index contributed by atoms with van der Waals surface area (Å²) in [6.45, 7) is 0. The molecule has 1 aliphatic heterocycles. The summed E-state index contributed by atoms with van der Waals surface area (Å²) in [4.78, 5) is 38.2. The average molecular weight is 380 g/mol. The Morgan fingerprint density at radius 3 is 2.11 bits per heavy atom. The largest absolute Gasteiger partial charge is 0.502 e. The molecule has 1 N–H and O–H groups in total. The number of aromatic hydroxyl groups is 1. The minimum absolute atomic E-state index is 0.123. The lowest BCUT2D eigenvalue weighted by Gasteiger charge is -2.30. The summed E-state index contributed by atoms with van der Waals surface area (Å²) in [7, 11) is 2.76. The zero-order valence-electron chi connectivity index (χ0n) is 15.1. The molecule has 1 atom stereocenters. The summed E-state index contributed by atoms with van der Waals surface area (Å²) in [5, 5.41) is 10.1. The van der Waals surface area contributed by atoms with E-state index < -0.39 is 17.7 Å². The van der Waals surface area contributed by atoms with Crippen LogP contribution >= 0.6 is 0 Å². The maximum absolute atomic E-state index is 13.1. The first-order chi connectivity index (χ1) is 13.5. The minimum atomic E-state index is -0.732. The molecule has 0 aromatic heterocycles. The number of phenolic OH excluding ortho intramolecular Hbond substituents is 1. The van der Waals surface area contributed by atoms with Crippen LogP contribution in [0.5, 0.6) is 17.2 Å². The highest BCUT2D eigenvalue weighted by atomic mass is 16.5. The van der Waals surface area contributed by atoms with E-state index in [0.717, 1.165) is 0 Å². The van der Waals surface area contributed by atoms with Crippen LogP contribution in [0, 0.1) is 0 Å². The van der Waals surface area contributed by atoms with E-state index in [1.807, 2.05) is 0 Å². The van der Waals surface area contributed by atoms with Crippen LogP contribution in [0.1, 0.15) is 38.6 Å². The van der Waals surface area contributed by atoms with Gasteiger partial charge >= 0.3 is 5.97 Å². The molecule has 0 saturated heterocycles. The van der Waals surface area contributed by atoms with Gasteiger partial charge in [0.25, 0.3) is 0 Å². The van der Waals surface area contributed by atoms with Gasteiger partial charge in [0.15, 0.2) is 23.0 Å². The number of ether oxygens (including phenoxy) is 3. The van der Waals surface area contributed by atoms with Gasteiger partial charge in [-0.3, -0.25) is 14.4 Å². The Morgan fingerprint density at radius 1 is 0.964 bits per heavy atom. The van der Waals surface area contributed by atoms with Crippen LogP contribution in [-0.2, 0) is 9.53 Å². The molecule has 28 heavy (non-hydrogen) atoms. The maximum atomic E-state index is 13.1. The number of methoxy groups -OCH3 is 2. The van der Waals surface area contributed by atoms with Crippen LogP contribution in [0.2, 0.25) is 0 Å². The van der Waals surface area contributed by atoms with E-state index in [0.29, 0.717) is 5.56 Å². The molecular formula is C21H16O7. The lowest BCUT2D eigenvalue weighted by atomic mass is 9.77. The predicted octanol–water partition coefficient (Wildman–Crippen LogP) is 2.77. The molecule has 0 amide bonds. The molecule has 4 rings (SSSR count). The van der Waals surface area contributed by atoms with E-state index in [1.165, 1.54) is 32.4 Å². The fraction of sp³-hybridized carbons (Fsp3) is 0.190. The zero-order valence-corrected chi connectivity index (χ0v) is 15.1. The highest BCUT2D eigenvalue weighted by Gasteiger charge is 2.43. The number of allylic oxidation sites excluding steroid dienone is 2. The van der Waals surface area contributed by atoms with E-state index in [1.54, 1.807) is 18.2 Å². The van der Waals surface area contributed by atoms with Crippen molar-refractivity contribution in [1.29, 1.82) is 0 Å². The quantitative estimate of drug-likeness (QED) is 0.818. The van der Waals surface area contributed by atoms with E-state index >= 15 is 0 Å². The van der Waals surface area contributed by atoms with Crippen molar-refractivity contribution in [1.82, 2.24) is 0 Å². The third-order valence-corrected chi connectivity index (χ3v) is 4.95. The number of hydrogen-bond acceptors (Lipinski definition) is 7. The molecule has 0 saturated carbocycles. The smallest absolute Gasteiger partial charge is 0.312 e. The summed E-state index contributed by atoms with van der Waals surface area (Å²) in [5.41, 5.74) is 1.10. The molecule has 2 aromatic carbocycles. The summed E-state index contributed by atoms with van der Waals surface area (Å²) < 4.78 is 15.5. The van der Waals surface area contributed by atoms with Crippen molar-refractivity contribution in [2.24, 2.45) is 0 Å². The lowest BCUT2D eigenvalue weighted by Crippen LogP contribution is -2.32. The molecule has 1 heterocycles. The van der Waals surface area contributed by atoms with Gasteiger partial charge in [-0.05, 0) is 17.7 Å². The molecule has 0 bridgehead atoms. The monoisotopic (exact) mass is 380 g/mol. The Morgan fingerprint density at radius 2 is 1.54 bits per heavy atom. The first kappa shape index (κ1) is 17.8. The maximum Gasteiger partial charge on any atom is 0.312 e. The van der Waals surface area contributed by atoms with E-state index in [4.69, 9.17) is 14.2 Å². The number of esters is 1. The Hall–Kier alpha value is -3.61. The molecular weight excluding hydrogens is 364 g/mol. The Bertz CT molecular complexity index is 1040. The SMILES string of the molecule is COc1cc(C2CC(=O)OC3=C2C(=O)c2ccccc2C3=O)cc(OC)c1O. The molecule has 1 aliphatic carbocycles. The summed E-state index contributed by atoms with van der Waals surface area (Å²) in [5.74, 6) is -2.39. The fourth-order valence-electron chi connectivity index (χ4n) is 3.61. The zero-order chi connectivity index (χ0) is 20.0. The third-order valence-electron chi connectivity index (χ3n) is 4.95. The highest BCUT2D eigenvalue weighted by molar-refractivity contribution is 6.27. The number of benzene rings is 2. The Labute approximate surface area is 160 Å². The van der Waals surface area contributed by atoms with Gasteiger partial charge in [-0.2, -0.15) is 0 Å². The second kappa shape index (κ2) is 6.53. The third kappa shape index (κ3) is 2.55. The number of fused-ring (bicyclic) bond motifs is 1. The second-order valence-corrected chi connectivity index (χ2v) is 6.45. The molecule has 142 valence electrons. The predicted molar refractivity (Wildman–Crippen MR) is 96.8 cm³/mol. The number of rotatable bonds is 3. The number of phenols is 1. The van der Waals surface area contributed by atoms with Crippen molar-refractivity contribution in [3.63, 3.8) is 0 Å². The molecule has 0 fully saturated rings. The molecule has 7 heteroatoms. The lowest BCUT2D eigenvalue weighted by molar-refractivity contribution is -0.140. The number of ketones is 2. The van der Waals surface area contributed by atoms with E-state index in [9.17, 15) is 19.5 Å². The van der Waals surface area contributed by atoms with Crippen molar-refractivity contribution in [2.45, 2.75) is 12.3 Å². The fourth-order valence-corrected chi connectivity index (χ4v) is 3.61. The number of Topliss-reactive ketones (excluding diaryl/α,β-unsaturated/α-hetero) is 2. The summed E-state index contributed by atoms with van der Waals surface area (Å²) >= 11 is 0. The van der Waals surface area contributed by atoms with Gasteiger partial charge in [0.05, 0.1) is 26.2 Å². The number of carbonyl (C=O) groups excluding carboxylic acids is 3. The van der Waals surface area contributed by atoms with E-state index in [-0.39, 0.29) is 51.9 Å². The standard InChI is InChI=1S/C21H16O7/c1-26-14-7-10(8-15(27-2)20(14)25)13-9-16(22)28-21-17(13)18(23)11-5-3-4-6-12(11)19(21)24/h3-8,13,25H,9H2,1-2H3. The van der Waals surface area contributed by atoms with Crippen LogP contribution in [0.15, 0.2) is 47.7 Å². The summed E-state index contributed by atoms with van der Waals surface area (Å²) in [6.07, 6.45) is -0.128. The first-order valence-electron chi connectivity index (χ1n) is 8.54. The number of hydrogen-bond donors (Lipinski definition) is 1. The summed E-state index contributed by atoms with van der Waals surface area (Å²) in [6, 6.07) is 9.46. The molecule has 7 nitrogen and oxygen atoms in total. The van der Waals surface area contributed by atoms with Crippen LogP contribution in [-0.4, -0.2) is 36.9 Å². The van der Waals surface area contributed by atoms with Crippen LogP contribution in [0.3, 0.4) is 0 Å². The van der Waals surface area contributed by atoms with Gasteiger partial charge in [-0.15, -0.1) is 0 Å². The molecule has 0 radical (unpaired) electrons. The second-order valence-electron chi connectivity index (χ2n) is 6.45. The average Bonchev–Trinajstić information content (AvgIpc) is 2.71. The molecule has 2 aliphatic rings. The highest BCUT2D eigenvalue weighted by Crippen LogP contribution is 2.45. The van der Waals surface area contributed by atoms with Crippen molar-refractivity contribution in [3.05, 3.63) is 64.4 Å². The Kier molecular flexibility index (Phi) is 4.15. The molecule has 2 aromatic rings. The van der Waals surface area contributed by atoms with Gasteiger partial charge in [0.1, 0.15) is 0 Å². The van der Waals surface area contributed by atoms with Crippen LogP contribution < -0.4 is 9.47 Å². The van der Waals surface area contributed by atoms with Crippen LogP contribution in [0.4, 0.5) is 0 Å². The van der Waals surface area contributed by atoms with Gasteiger partial charge in [-0.1, -0.05) is 24.3 Å². The van der Waals surface area contributed by atoms with Crippen LogP contribution in [0.25, 0.3) is 0 Å². The van der Waals surface area contributed by atoms with Crippen molar-refractivity contribution < 1.29 is 33.7 Å². The minimum Gasteiger partial charge on any atom is -0.502 e.